The second-order valence-corrected chi connectivity index (χ2v) is 14.4. The van der Waals surface area contributed by atoms with Crippen LogP contribution in [-0.4, -0.2) is 9.55 Å². The van der Waals surface area contributed by atoms with Gasteiger partial charge in [-0.3, -0.25) is 4.57 Å². The third kappa shape index (κ3) is 3.59. The number of hydrogen-bond acceptors (Lipinski definition) is 2. The molecule has 0 radical (unpaired) electrons. The lowest BCUT2D eigenvalue weighted by Gasteiger charge is -2.31. The molecule has 45 heavy (non-hydrogen) atoms. The highest BCUT2D eigenvalue weighted by atomic mass is 31.2. The van der Waals surface area contributed by atoms with Gasteiger partial charge in [0.2, 0.25) is 0 Å². The number of hydrogen-bond donors (Lipinski definition) is 0. The van der Waals surface area contributed by atoms with Crippen LogP contribution in [0.2, 0.25) is 0 Å². The van der Waals surface area contributed by atoms with Crippen molar-refractivity contribution < 1.29 is 4.57 Å². The van der Waals surface area contributed by atoms with Gasteiger partial charge in [-0.05, 0) is 56.4 Å². The molecule has 2 heterocycles. The summed E-state index contributed by atoms with van der Waals surface area (Å²) in [5.74, 6) is 0.972. The minimum atomic E-state index is -3.25. The van der Waals surface area contributed by atoms with Crippen LogP contribution in [0.1, 0.15) is 12.7 Å². The fourth-order valence-electron chi connectivity index (χ4n) is 7.49. The van der Waals surface area contributed by atoms with Crippen molar-refractivity contribution >= 4 is 55.6 Å². The summed E-state index contributed by atoms with van der Waals surface area (Å²) in [5, 5.41) is 7.30. The summed E-state index contributed by atoms with van der Waals surface area (Å²) >= 11 is 0. The zero-order valence-corrected chi connectivity index (χ0v) is 25.7. The first-order valence-corrected chi connectivity index (χ1v) is 17.2. The van der Waals surface area contributed by atoms with Crippen LogP contribution in [0.4, 0.5) is 0 Å². The quantitative estimate of drug-likeness (QED) is 0.150. The maximum atomic E-state index is 15.9. The minimum Gasteiger partial charge on any atom is -0.308 e. The van der Waals surface area contributed by atoms with Gasteiger partial charge in [0.05, 0.1) is 16.7 Å². The maximum absolute atomic E-state index is 15.9. The Balaban J connectivity index is 1.49. The first-order chi connectivity index (χ1) is 22.2. The fourth-order valence-corrected chi connectivity index (χ4v) is 10.5. The molecule has 8 aromatic rings. The first kappa shape index (κ1) is 26.2. The first-order valence-electron chi connectivity index (χ1n) is 15.5. The molecule has 7 aromatic carbocycles. The van der Waals surface area contributed by atoms with Crippen LogP contribution in [0.25, 0.3) is 60.5 Å². The van der Waals surface area contributed by atoms with Crippen LogP contribution in [0.3, 0.4) is 0 Å². The number of rotatable bonds is 4. The number of aryl methyl sites for hydroxylation is 1. The summed E-state index contributed by atoms with van der Waals surface area (Å²) in [6.45, 7) is 2.15. The van der Waals surface area contributed by atoms with Gasteiger partial charge in [0.1, 0.15) is 5.82 Å². The van der Waals surface area contributed by atoms with Gasteiger partial charge in [-0.1, -0.05) is 134 Å². The number of benzene rings is 7. The van der Waals surface area contributed by atoms with Crippen molar-refractivity contribution in [3.05, 3.63) is 151 Å². The molecule has 1 aliphatic rings. The lowest BCUT2D eigenvalue weighted by Crippen LogP contribution is -2.33. The molecule has 214 valence electrons. The summed E-state index contributed by atoms with van der Waals surface area (Å²) in [4.78, 5) is 5.12. The van der Waals surface area contributed by atoms with Gasteiger partial charge in [0.25, 0.3) is 0 Å². The monoisotopic (exact) mass is 596 g/mol. The van der Waals surface area contributed by atoms with Crippen LogP contribution < -0.4 is 15.9 Å². The number of nitrogens with zero attached hydrogens (tertiary/aromatic N) is 2. The van der Waals surface area contributed by atoms with Crippen molar-refractivity contribution in [3.8, 4) is 27.9 Å². The third-order valence-corrected chi connectivity index (χ3v) is 12.4. The van der Waals surface area contributed by atoms with Gasteiger partial charge in [-0.15, -0.1) is 0 Å². The Morgan fingerprint density at radius 2 is 1.13 bits per heavy atom. The van der Waals surface area contributed by atoms with Gasteiger partial charge in [0, 0.05) is 27.9 Å². The van der Waals surface area contributed by atoms with Gasteiger partial charge in [-0.2, -0.15) is 0 Å². The standard InChI is InChI=1S/C41H29N2OP/c1-2-37-42-34-24-14-26-36-41(34)43(37)40-33(23-13-25-35(40)45(36,44)28-17-7-4-8-18-28)39-31-21-11-9-19-29(31)38(27-15-5-3-6-16-27)30-20-10-12-22-32(30)39/h3-26H,2H2,1H3. The van der Waals surface area contributed by atoms with Crippen LogP contribution in [0, 0.1) is 0 Å². The van der Waals surface area contributed by atoms with E-state index in [4.69, 9.17) is 4.98 Å². The molecule has 4 heteroatoms. The lowest BCUT2D eigenvalue weighted by atomic mass is 9.85. The molecule has 1 aliphatic heterocycles. The average Bonchev–Trinajstić information content (AvgIpc) is 3.49. The summed E-state index contributed by atoms with van der Waals surface area (Å²) in [7, 11) is -3.25. The fraction of sp³-hybridized carbons (Fsp3) is 0.0488. The van der Waals surface area contributed by atoms with Gasteiger partial charge < -0.3 is 4.57 Å². The number of imidazole rings is 1. The molecule has 0 saturated carbocycles. The number of fused-ring (bicyclic) bond motifs is 4. The summed E-state index contributed by atoms with van der Waals surface area (Å²) in [6, 6.07) is 50.6. The van der Waals surface area contributed by atoms with E-state index in [1.165, 1.54) is 32.7 Å². The van der Waals surface area contributed by atoms with E-state index in [1.807, 2.05) is 42.5 Å². The Morgan fingerprint density at radius 1 is 0.578 bits per heavy atom. The van der Waals surface area contributed by atoms with E-state index in [-0.39, 0.29) is 0 Å². The number of para-hydroxylation sites is 2. The molecule has 0 amide bonds. The Labute approximate surface area is 261 Å². The molecule has 1 unspecified atom stereocenters. The molecule has 3 nitrogen and oxygen atoms in total. The largest absolute Gasteiger partial charge is 0.308 e. The predicted molar refractivity (Wildman–Crippen MR) is 189 cm³/mol. The SMILES string of the molecule is CCc1nc2cccc3c2n1-c1c(-c2c4ccccc4c(-c4ccccc4)c4ccccc24)cccc1P3(=O)c1ccccc1. The van der Waals surface area contributed by atoms with E-state index in [9.17, 15) is 0 Å². The van der Waals surface area contributed by atoms with E-state index in [0.29, 0.717) is 0 Å². The van der Waals surface area contributed by atoms with Crippen LogP contribution in [0.15, 0.2) is 146 Å². The highest BCUT2D eigenvalue weighted by Gasteiger charge is 2.41. The van der Waals surface area contributed by atoms with Crippen molar-refractivity contribution in [1.82, 2.24) is 9.55 Å². The van der Waals surface area contributed by atoms with E-state index in [2.05, 4.69) is 115 Å². The minimum absolute atomic E-state index is 0.756. The normalized spacial score (nSPS) is 15.5. The van der Waals surface area contributed by atoms with Crippen molar-refractivity contribution in [1.29, 1.82) is 0 Å². The number of aromatic nitrogens is 2. The van der Waals surface area contributed by atoms with E-state index >= 15 is 4.57 Å². The van der Waals surface area contributed by atoms with Gasteiger partial charge in [-0.25, -0.2) is 4.98 Å². The van der Waals surface area contributed by atoms with Crippen molar-refractivity contribution in [3.63, 3.8) is 0 Å². The third-order valence-electron chi connectivity index (χ3n) is 9.34. The van der Waals surface area contributed by atoms with Crippen molar-refractivity contribution in [2.45, 2.75) is 13.3 Å². The molecule has 0 bridgehead atoms. The molecular weight excluding hydrogens is 567 g/mol. The Hall–Kier alpha value is -5.24. The maximum Gasteiger partial charge on any atom is 0.175 e. The summed E-state index contributed by atoms with van der Waals surface area (Å²) < 4.78 is 18.2. The van der Waals surface area contributed by atoms with E-state index in [0.717, 1.165) is 56.0 Å². The van der Waals surface area contributed by atoms with Crippen LogP contribution in [-0.2, 0) is 11.0 Å². The molecular formula is C41H29N2OP. The Bertz CT molecular complexity index is 2440. The second-order valence-electron chi connectivity index (χ2n) is 11.7. The average molecular weight is 597 g/mol. The molecule has 0 spiro atoms. The molecule has 0 N–H and O–H groups in total. The molecule has 9 rings (SSSR count). The molecule has 0 saturated heterocycles. The molecule has 0 fully saturated rings. The highest BCUT2D eigenvalue weighted by Crippen LogP contribution is 2.53. The topological polar surface area (TPSA) is 34.9 Å². The molecule has 1 aromatic heterocycles. The Morgan fingerprint density at radius 3 is 1.78 bits per heavy atom. The van der Waals surface area contributed by atoms with Crippen LogP contribution in [0.5, 0.6) is 0 Å². The van der Waals surface area contributed by atoms with Crippen molar-refractivity contribution in [2.24, 2.45) is 0 Å². The molecule has 1 atom stereocenters. The van der Waals surface area contributed by atoms with E-state index < -0.39 is 7.14 Å². The Kier molecular flexibility index (Phi) is 5.75. The smallest absolute Gasteiger partial charge is 0.175 e. The summed E-state index contributed by atoms with van der Waals surface area (Å²) in [6.07, 6.45) is 0.756. The van der Waals surface area contributed by atoms with E-state index in [1.54, 1.807) is 0 Å². The highest BCUT2D eigenvalue weighted by molar-refractivity contribution is 7.86. The predicted octanol–water partition coefficient (Wildman–Crippen LogP) is 9.18. The zero-order chi connectivity index (χ0) is 30.1. The lowest BCUT2D eigenvalue weighted by molar-refractivity contribution is 0.592. The summed E-state index contributed by atoms with van der Waals surface area (Å²) in [5.41, 5.74) is 7.46. The second kappa shape index (κ2) is 9.89. The molecule has 0 aliphatic carbocycles. The van der Waals surface area contributed by atoms with Gasteiger partial charge >= 0.3 is 0 Å². The van der Waals surface area contributed by atoms with Crippen LogP contribution >= 0.6 is 7.14 Å². The van der Waals surface area contributed by atoms with Crippen molar-refractivity contribution in [2.75, 3.05) is 0 Å². The zero-order valence-electron chi connectivity index (χ0n) is 24.8. The van der Waals surface area contributed by atoms with Gasteiger partial charge in [0.15, 0.2) is 7.14 Å².